The van der Waals surface area contributed by atoms with Crippen LogP contribution in [0.25, 0.3) is 16.9 Å². The summed E-state index contributed by atoms with van der Waals surface area (Å²) in [5.74, 6) is 28.6. The Morgan fingerprint density at radius 3 is 0.730 bits per heavy atom. The number of allylic oxidation sites excluding steroid dienone is 2. The van der Waals surface area contributed by atoms with Crippen LogP contribution in [-0.4, -0.2) is 4.70 Å². The molecule has 0 aliphatic carbocycles. The van der Waals surface area contributed by atoms with E-state index in [9.17, 15) is 5.53 Å². The lowest BCUT2D eigenvalue weighted by Gasteiger charge is -2.11. The monoisotopic (exact) mass is 1000 g/mol. The maximum absolute atomic E-state index is 12.9. The Hall–Kier alpha value is -4.24. The predicted molar refractivity (Wildman–Crippen MR) is 326 cm³/mol. The fourth-order valence-electron chi connectivity index (χ4n) is 10.4. The average Bonchev–Trinajstić information content (AvgIpc) is 3.69. The molecule has 3 rings (SSSR count). The van der Waals surface area contributed by atoms with Crippen LogP contribution in [0.5, 0.6) is 0 Å². The van der Waals surface area contributed by atoms with Crippen molar-refractivity contribution in [3.8, 4) is 47.4 Å². The molecule has 2 aromatic rings. The zero-order valence-electron chi connectivity index (χ0n) is 49.1. The first-order valence-electron chi connectivity index (χ1n) is 31.7. The van der Waals surface area contributed by atoms with E-state index in [-0.39, 0.29) is 0 Å². The Morgan fingerprint density at radius 2 is 0.500 bits per heavy atom. The van der Waals surface area contributed by atoms with Crippen LogP contribution >= 0.6 is 0 Å². The lowest BCUT2D eigenvalue weighted by Crippen LogP contribution is -2.04. The average molecular weight is 1000 g/mol. The molecule has 1 heterocycles. The molecule has 2 heteroatoms. The zero-order chi connectivity index (χ0) is 52.9. The molecule has 406 valence electrons. The van der Waals surface area contributed by atoms with Gasteiger partial charge in [-0.05, 0) is 87.8 Å². The third-order valence-corrected chi connectivity index (χ3v) is 14.9. The van der Waals surface area contributed by atoms with Crippen molar-refractivity contribution >= 4 is 11.4 Å². The smallest absolute Gasteiger partial charge is 0.211 e. The number of unbranched alkanes of at least 4 members (excludes halogenated alkanes) is 34. The van der Waals surface area contributed by atoms with E-state index in [1.165, 1.54) is 191 Å². The summed E-state index contributed by atoms with van der Waals surface area (Å²) < 4.78 is 1.55. The van der Waals surface area contributed by atoms with Crippen LogP contribution in [0.3, 0.4) is 0 Å². The van der Waals surface area contributed by atoms with Gasteiger partial charge >= 0.3 is 0 Å². The first-order chi connectivity index (χ1) is 36.5. The summed E-state index contributed by atoms with van der Waals surface area (Å²) in [4.78, 5) is 0. The molecular formula is C72H108N2. The van der Waals surface area contributed by atoms with Crippen molar-refractivity contribution in [1.29, 1.82) is 0 Å². The molecule has 74 heavy (non-hydrogen) atoms. The Balaban J connectivity index is 2.03. The second-order valence-corrected chi connectivity index (χ2v) is 21.9. The highest BCUT2D eigenvalue weighted by Crippen LogP contribution is 2.45. The van der Waals surface area contributed by atoms with Gasteiger partial charge < -0.3 is 5.53 Å². The van der Waals surface area contributed by atoms with E-state index in [1.54, 1.807) is 4.70 Å². The molecule has 0 radical (unpaired) electrons. The van der Waals surface area contributed by atoms with Crippen LogP contribution < -0.4 is 0 Å². The van der Waals surface area contributed by atoms with E-state index in [0.717, 1.165) is 135 Å². The zero-order valence-corrected chi connectivity index (χ0v) is 49.1. The molecular weight excluding hydrogens is 893 g/mol. The van der Waals surface area contributed by atoms with E-state index in [4.69, 9.17) is 0 Å². The first-order valence-corrected chi connectivity index (χ1v) is 31.7. The summed E-state index contributed by atoms with van der Waals surface area (Å²) in [5.41, 5.74) is 23.1. The minimum absolute atomic E-state index is 0.894. The van der Waals surface area contributed by atoms with Gasteiger partial charge in [-0.3, -0.25) is 0 Å². The van der Waals surface area contributed by atoms with Crippen molar-refractivity contribution in [3.05, 3.63) is 86.5 Å². The molecule has 0 saturated heterocycles. The van der Waals surface area contributed by atoms with Gasteiger partial charge in [0.1, 0.15) is 0 Å². The third kappa shape index (κ3) is 28.1. The quantitative estimate of drug-likeness (QED) is 0.0361. The van der Waals surface area contributed by atoms with Gasteiger partial charge in [0, 0.05) is 70.2 Å². The molecule has 0 atom stereocenters. The Labute approximate surface area is 458 Å². The standard InChI is InChI=1S/C72H108N2/c1-7-13-19-23-27-31-35-39-43-47-51-63-57-64(52-48-44-40-36-32-28-24-20-14-8-2)60-67(59-63)71-69(55-17-11-5)70(56-18-12-6)72(74(71)73)68-61-65(53-49-45-41-37-33-29-25-21-15-9-3)58-66(62-68)54-50-46-42-38-34-30-26-22-16-10-4/h57-62H,7-46,55-56H2,1-6H3. The third-order valence-electron chi connectivity index (χ3n) is 14.9. The van der Waals surface area contributed by atoms with Crippen LogP contribution in [0.1, 0.15) is 345 Å². The van der Waals surface area contributed by atoms with Crippen molar-refractivity contribution in [3.63, 3.8) is 0 Å². The summed E-state index contributed by atoms with van der Waals surface area (Å²) in [7, 11) is 0. The fraction of sp³-hybridized carbons (Fsp3) is 0.667. The molecule has 0 bridgehead atoms. The second kappa shape index (κ2) is 43.9. The summed E-state index contributed by atoms with van der Waals surface area (Å²) in [6, 6.07) is 13.3. The second-order valence-electron chi connectivity index (χ2n) is 21.9. The van der Waals surface area contributed by atoms with Crippen molar-refractivity contribution in [2.75, 3.05) is 0 Å². The Morgan fingerprint density at radius 1 is 0.284 bits per heavy atom. The normalized spacial score (nSPS) is 12.1. The molecule has 2 aromatic carbocycles. The van der Waals surface area contributed by atoms with E-state index < -0.39 is 0 Å². The Bertz CT molecular complexity index is 1900. The number of rotatable bonds is 40. The molecule has 0 fully saturated rings. The topological polar surface area (TPSA) is 25.3 Å². The molecule has 1 aliphatic rings. The lowest BCUT2D eigenvalue weighted by molar-refractivity contribution is -0.345. The fourth-order valence-corrected chi connectivity index (χ4v) is 10.4. The van der Waals surface area contributed by atoms with Gasteiger partial charge in [-0.2, -0.15) is 0 Å². The van der Waals surface area contributed by atoms with Crippen molar-refractivity contribution in [1.82, 2.24) is 0 Å². The van der Waals surface area contributed by atoms with E-state index in [1.807, 2.05) is 0 Å². The van der Waals surface area contributed by atoms with Crippen molar-refractivity contribution in [2.45, 2.75) is 311 Å². The van der Waals surface area contributed by atoms with Crippen molar-refractivity contribution < 1.29 is 4.70 Å². The van der Waals surface area contributed by atoms with Gasteiger partial charge in [0.15, 0.2) is 0 Å². The maximum atomic E-state index is 12.9. The van der Waals surface area contributed by atoms with E-state index in [2.05, 4.69) is 125 Å². The highest BCUT2D eigenvalue weighted by atomic mass is 15.2. The number of benzene rings is 2. The number of hydrogen-bond donors (Lipinski definition) is 0. The van der Waals surface area contributed by atoms with Gasteiger partial charge in [0.2, 0.25) is 11.4 Å². The van der Waals surface area contributed by atoms with Gasteiger partial charge in [0.25, 0.3) is 0 Å². The van der Waals surface area contributed by atoms with Gasteiger partial charge in [-0.1, -0.05) is 282 Å². The maximum Gasteiger partial charge on any atom is 0.211 e. The van der Waals surface area contributed by atoms with Crippen molar-refractivity contribution in [2.24, 2.45) is 0 Å². The molecule has 0 amide bonds. The molecule has 0 spiro atoms. The minimum Gasteiger partial charge on any atom is -0.493 e. The lowest BCUT2D eigenvalue weighted by atomic mass is 9.91. The largest absolute Gasteiger partial charge is 0.493 e. The first kappa shape index (κ1) is 64.0. The molecule has 0 unspecified atom stereocenters. The summed E-state index contributed by atoms with van der Waals surface area (Å²) in [5, 5.41) is 0. The van der Waals surface area contributed by atoms with E-state index in [0.29, 0.717) is 0 Å². The molecule has 0 aromatic heterocycles. The molecule has 0 N–H and O–H groups in total. The van der Waals surface area contributed by atoms with Gasteiger partial charge in [0.05, 0.1) is 0 Å². The van der Waals surface area contributed by atoms with Crippen LogP contribution in [-0.2, 0) is 0 Å². The van der Waals surface area contributed by atoms with Gasteiger partial charge in [-0.25, -0.2) is 4.70 Å². The molecule has 0 saturated carbocycles. The summed E-state index contributed by atoms with van der Waals surface area (Å²) in [6.07, 6.45) is 51.4. The molecule has 1 aliphatic heterocycles. The van der Waals surface area contributed by atoms with E-state index >= 15 is 0 Å². The van der Waals surface area contributed by atoms with Crippen LogP contribution in [0.2, 0.25) is 0 Å². The van der Waals surface area contributed by atoms with Crippen LogP contribution in [0.4, 0.5) is 0 Å². The highest BCUT2D eigenvalue weighted by molar-refractivity contribution is 5.83. The predicted octanol–water partition coefficient (Wildman–Crippen LogP) is 22.8. The minimum atomic E-state index is 0.894. The number of hydrogen-bond acceptors (Lipinski definition) is 0. The summed E-state index contributed by atoms with van der Waals surface area (Å²) in [6.45, 7) is 13.7. The van der Waals surface area contributed by atoms with Gasteiger partial charge in [-0.15, -0.1) is 0 Å². The Kier molecular flexibility index (Phi) is 38.0. The number of nitrogens with zero attached hydrogens (tertiary/aromatic N) is 2. The summed E-state index contributed by atoms with van der Waals surface area (Å²) >= 11 is 0. The van der Waals surface area contributed by atoms with Crippen LogP contribution in [0, 0.1) is 47.4 Å². The van der Waals surface area contributed by atoms with Crippen LogP contribution in [0.15, 0.2) is 47.5 Å². The highest BCUT2D eigenvalue weighted by Gasteiger charge is 2.35. The SMILES string of the molecule is CCCCCCCCCCC#Cc1cc(C#CCCCCCCCCCC)cc(C2=C(CCCC)C(CCCC)=C(c3cc(C#CCCCCCCCCCC)cc(C#CCCCCCCCCCC)c3)[N+]2=[N-])c1. The molecule has 2 nitrogen and oxygen atoms in total.